The molecule has 16 heavy (non-hydrogen) atoms. The summed E-state index contributed by atoms with van der Waals surface area (Å²) in [6, 6.07) is 0. The Morgan fingerprint density at radius 3 is 2.81 bits per heavy atom. The zero-order chi connectivity index (χ0) is 11.7. The van der Waals surface area contributed by atoms with Crippen LogP contribution in [0.4, 0.5) is 0 Å². The van der Waals surface area contributed by atoms with E-state index < -0.39 is 0 Å². The molecule has 1 unspecified atom stereocenters. The molecule has 1 saturated heterocycles. The average molecular weight is 243 g/mol. The molecule has 2 rings (SSSR count). The number of nitrogens with zero attached hydrogens (tertiary/aromatic N) is 3. The van der Waals surface area contributed by atoms with Crippen molar-refractivity contribution in [3.05, 3.63) is 16.4 Å². The van der Waals surface area contributed by atoms with Crippen LogP contribution in [0.3, 0.4) is 0 Å². The highest BCUT2D eigenvalue weighted by molar-refractivity contribution is 6.30. The van der Waals surface area contributed by atoms with E-state index in [-0.39, 0.29) is 0 Å². The summed E-state index contributed by atoms with van der Waals surface area (Å²) < 4.78 is 1.74. The Balaban J connectivity index is 2.04. The van der Waals surface area contributed by atoms with Gasteiger partial charge in [0.2, 0.25) is 0 Å². The van der Waals surface area contributed by atoms with Crippen LogP contribution >= 0.6 is 11.6 Å². The van der Waals surface area contributed by atoms with Crippen LogP contribution in [0.5, 0.6) is 0 Å². The highest BCUT2D eigenvalue weighted by Gasteiger charge is 2.23. The predicted molar refractivity (Wildman–Crippen MR) is 65.4 cm³/mol. The fraction of sp³-hybridized carbons (Fsp3) is 0.727. The molecule has 2 heterocycles. The molecule has 5 heteroatoms. The van der Waals surface area contributed by atoms with Gasteiger partial charge in [0, 0.05) is 25.7 Å². The van der Waals surface area contributed by atoms with Gasteiger partial charge >= 0.3 is 0 Å². The first-order valence-corrected chi connectivity index (χ1v) is 6.10. The van der Waals surface area contributed by atoms with Crippen LogP contribution in [0.1, 0.15) is 17.7 Å². The molecule has 4 nitrogen and oxygen atoms in total. The van der Waals surface area contributed by atoms with Gasteiger partial charge in [0.05, 0.1) is 5.69 Å². The minimum Gasteiger partial charge on any atom is -0.330 e. The fourth-order valence-electron chi connectivity index (χ4n) is 2.33. The third-order valence-electron chi connectivity index (χ3n) is 3.35. The molecule has 1 aromatic rings. The number of halogens is 1. The van der Waals surface area contributed by atoms with E-state index in [1.165, 1.54) is 6.42 Å². The molecule has 0 saturated carbocycles. The van der Waals surface area contributed by atoms with Gasteiger partial charge in [0.15, 0.2) is 0 Å². The van der Waals surface area contributed by atoms with E-state index in [1.807, 2.05) is 14.0 Å². The van der Waals surface area contributed by atoms with Crippen LogP contribution in [0.15, 0.2) is 0 Å². The van der Waals surface area contributed by atoms with E-state index in [2.05, 4.69) is 10.00 Å². The first-order chi connectivity index (χ1) is 7.61. The van der Waals surface area contributed by atoms with Gasteiger partial charge in [-0.05, 0) is 32.4 Å². The van der Waals surface area contributed by atoms with Gasteiger partial charge in [-0.1, -0.05) is 11.6 Å². The molecule has 90 valence electrons. The van der Waals surface area contributed by atoms with Gasteiger partial charge in [0.1, 0.15) is 5.15 Å². The minimum atomic E-state index is 0.649. The first kappa shape index (κ1) is 11.9. The Labute approximate surface area is 101 Å². The Bertz CT molecular complexity index is 374. The van der Waals surface area contributed by atoms with Crippen LogP contribution < -0.4 is 5.73 Å². The van der Waals surface area contributed by atoms with Crippen molar-refractivity contribution < 1.29 is 0 Å². The number of hydrogen-bond donors (Lipinski definition) is 1. The topological polar surface area (TPSA) is 47.1 Å². The Kier molecular flexibility index (Phi) is 3.52. The van der Waals surface area contributed by atoms with E-state index in [0.717, 1.165) is 42.6 Å². The van der Waals surface area contributed by atoms with E-state index in [0.29, 0.717) is 5.92 Å². The van der Waals surface area contributed by atoms with E-state index >= 15 is 0 Å². The number of aryl methyl sites for hydroxylation is 2. The average Bonchev–Trinajstić information content (AvgIpc) is 2.80. The Hall–Kier alpha value is -0.580. The second kappa shape index (κ2) is 4.73. The summed E-state index contributed by atoms with van der Waals surface area (Å²) in [5.41, 5.74) is 7.87. The van der Waals surface area contributed by atoms with Gasteiger partial charge in [0.25, 0.3) is 0 Å². The molecule has 1 aromatic heterocycles. The summed E-state index contributed by atoms with van der Waals surface area (Å²) in [5.74, 6) is 0.649. The molecule has 0 bridgehead atoms. The predicted octanol–water partition coefficient (Wildman–Crippen LogP) is 1.16. The zero-order valence-electron chi connectivity index (χ0n) is 9.91. The monoisotopic (exact) mass is 242 g/mol. The molecule has 1 aliphatic rings. The summed E-state index contributed by atoms with van der Waals surface area (Å²) >= 11 is 6.21. The van der Waals surface area contributed by atoms with Gasteiger partial charge in [-0.2, -0.15) is 5.10 Å². The standard InChI is InChI=1S/C11H19ClN4/c1-8-10(11(12)15(2)14-8)7-16-4-3-9(5-13)6-16/h9H,3-7,13H2,1-2H3. The molecule has 0 aliphatic carbocycles. The molecule has 0 spiro atoms. The molecule has 0 radical (unpaired) electrons. The lowest BCUT2D eigenvalue weighted by Crippen LogP contribution is -2.23. The third kappa shape index (κ3) is 2.24. The van der Waals surface area contributed by atoms with Crippen LogP contribution in [-0.4, -0.2) is 34.3 Å². The van der Waals surface area contributed by atoms with Crippen LogP contribution in [0, 0.1) is 12.8 Å². The van der Waals surface area contributed by atoms with Crippen molar-refractivity contribution in [2.75, 3.05) is 19.6 Å². The van der Waals surface area contributed by atoms with E-state index in [4.69, 9.17) is 17.3 Å². The summed E-state index contributed by atoms with van der Waals surface area (Å²) in [7, 11) is 1.88. The zero-order valence-corrected chi connectivity index (χ0v) is 10.7. The van der Waals surface area contributed by atoms with Gasteiger partial charge in [-0.3, -0.25) is 9.58 Å². The lowest BCUT2D eigenvalue weighted by Gasteiger charge is -2.15. The minimum absolute atomic E-state index is 0.649. The number of hydrogen-bond acceptors (Lipinski definition) is 3. The molecule has 0 amide bonds. The Morgan fingerprint density at radius 2 is 2.31 bits per heavy atom. The summed E-state index contributed by atoms with van der Waals surface area (Å²) in [4.78, 5) is 2.41. The van der Waals surface area contributed by atoms with Crippen molar-refractivity contribution in [1.29, 1.82) is 0 Å². The van der Waals surface area contributed by atoms with Crippen molar-refractivity contribution in [2.45, 2.75) is 19.9 Å². The molecule has 1 atom stereocenters. The van der Waals surface area contributed by atoms with Crippen LogP contribution in [0.2, 0.25) is 5.15 Å². The fourth-order valence-corrected chi connectivity index (χ4v) is 2.56. The van der Waals surface area contributed by atoms with E-state index in [9.17, 15) is 0 Å². The number of aromatic nitrogens is 2. The molecular formula is C11H19ClN4. The van der Waals surface area contributed by atoms with Crippen molar-refractivity contribution in [3.63, 3.8) is 0 Å². The van der Waals surface area contributed by atoms with Crippen LogP contribution in [-0.2, 0) is 13.6 Å². The lowest BCUT2D eigenvalue weighted by atomic mass is 10.1. The molecule has 1 aliphatic heterocycles. The van der Waals surface area contributed by atoms with Crippen molar-refractivity contribution in [3.8, 4) is 0 Å². The number of rotatable bonds is 3. The normalized spacial score (nSPS) is 21.9. The summed E-state index contributed by atoms with van der Waals surface area (Å²) in [6.45, 7) is 5.90. The number of nitrogens with two attached hydrogens (primary N) is 1. The second-order valence-corrected chi connectivity index (χ2v) is 4.96. The summed E-state index contributed by atoms with van der Waals surface area (Å²) in [6.07, 6.45) is 1.20. The van der Waals surface area contributed by atoms with Gasteiger partial charge in [-0.15, -0.1) is 0 Å². The highest BCUT2D eigenvalue weighted by Crippen LogP contribution is 2.23. The maximum Gasteiger partial charge on any atom is 0.131 e. The van der Waals surface area contributed by atoms with Crippen LogP contribution in [0.25, 0.3) is 0 Å². The lowest BCUT2D eigenvalue weighted by molar-refractivity contribution is 0.317. The largest absolute Gasteiger partial charge is 0.330 e. The molecule has 0 aromatic carbocycles. The van der Waals surface area contributed by atoms with Crippen molar-refractivity contribution in [2.24, 2.45) is 18.7 Å². The maximum atomic E-state index is 6.21. The summed E-state index contributed by atoms with van der Waals surface area (Å²) in [5, 5.41) is 5.08. The molecular weight excluding hydrogens is 224 g/mol. The highest BCUT2D eigenvalue weighted by atomic mass is 35.5. The third-order valence-corrected chi connectivity index (χ3v) is 3.83. The van der Waals surface area contributed by atoms with Gasteiger partial charge < -0.3 is 5.73 Å². The number of likely N-dealkylation sites (tertiary alicyclic amines) is 1. The smallest absolute Gasteiger partial charge is 0.131 e. The first-order valence-electron chi connectivity index (χ1n) is 5.72. The van der Waals surface area contributed by atoms with E-state index in [1.54, 1.807) is 4.68 Å². The van der Waals surface area contributed by atoms with Crippen molar-refractivity contribution in [1.82, 2.24) is 14.7 Å². The van der Waals surface area contributed by atoms with Gasteiger partial charge in [-0.25, -0.2) is 0 Å². The molecule has 2 N–H and O–H groups in total. The SMILES string of the molecule is Cc1nn(C)c(Cl)c1CN1CCC(CN)C1. The Morgan fingerprint density at radius 1 is 1.56 bits per heavy atom. The maximum absolute atomic E-state index is 6.21. The quantitative estimate of drug-likeness (QED) is 0.866. The second-order valence-electron chi connectivity index (χ2n) is 4.60. The molecule has 1 fully saturated rings. The van der Waals surface area contributed by atoms with Crippen molar-refractivity contribution >= 4 is 11.6 Å².